The molecule has 0 atom stereocenters. The van der Waals surface area contributed by atoms with Crippen LogP contribution in [-0.2, 0) is 16.6 Å². The van der Waals surface area contributed by atoms with Gasteiger partial charge in [-0.15, -0.1) is 0 Å². The average molecular weight is 293 g/mol. The van der Waals surface area contributed by atoms with Crippen LogP contribution in [0.4, 0.5) is 11.4 Å². The highest BCUT2D eigenvalue weighted by Gasteiger charge is 2.15. The van der Waals surface area contributed by atoms with Gasteiger partial charge in [0.1, 0.15) is 4.90 Å². The van der Waals surface area contributed by atoms with Gasteiger partial charge in [0.2, 0.25) is 10.0 Å². The van der Waals surface area contributed by atoms with E-state index in [0.29, 0.717) is 12.2 Å². The van der Waals surface area contributed by atoms with Crippen LogP contribution in [-0.4, -0.2) is 25.7 Å². The van der Waals surface area contributed by atoms with E-state index in [2.05, 4.69) is 20.2 Å². The molecule has 106 valence electrons. The number of benzene rings is 1. The van der Waals surface area contributed by atoms with E-state index in [0.717, 1.165) is 5.69 Å². The zero-order valence-corrected chi connectivity index (χ0v) is 11.7. The lowest BCUT2D eigenvalue weighted by Crippen LogP contribution is -2.20. The molecule has 7 nitrogen and oxygen atoms in total. The van der Waals surface area contributed by atoms with Crippen molar-refractivity contribution in [2.75, 3.05) is 18.1 Å². The van der Waals surface area contributed by atoms with E-state index in [-0.39, 0.29) is 10.6 Å². The molecule has 1 aromatic carbocycles. The standard InChI is InChI=1S/C12H15N5O2S/c1-14-20(18,19)12-5-4-9(7-11(12)13)15-8-10-3-2-6-16-17-10/h2-7,14-15H,8,13H2,1H3. The highest BCUT2D eigenvalue weighted by atomic mass is 32.2. The molecule has 0 aliphatic heterocycles. The van der Waals surface area contributed by atoms with Crippen LogP contribution in [0, 0.1) is 0 Å². The van der Waals surface area contributed by atoms with Crippen LogP contribution < -0.4 is 15.8 Å². The predicted octanol–water partition coefficient (Wildman–Crippen LogP) is 0.579. The second-order valence-electron chi connectivity index (χ2n) is 4.03. The van der Waals surface area contributed by atoms with E-state index in [1.165, 1.54) is 13.1 Å². The van der Waals surface area contributed by atoms with Gasteiger partial charge in [0, 0.05) is 11.9 Å². The van der Waals surface area contributed by atoms with Crippen molar-refractivity contribution in [3.05, 3.63) is 42.2 Å². The minimum absolute atomic E-state index is 0.0602. The number of sulfonamides is 1. The Hall–Kier alpha value is -2.19. The smallest absolute Gasteiger partial charge is 0.242 e. The molecule has 0 aliphatic rings. The summed E-state index contributed by atoms with van der Waals surface area (Å²) in [5.41, 5.74) is 7.44. The minimum Gasteiger partial charge on any atom is -0.398 e. The van der Waals surface area contributed by atoms with Crippen molar-refractivity contribution in [2.24, 2.45) is 0 Å². The number of hydrogen-bond donors (Lipinski definition) is 3. The van der Waals surface area contributed by atoms with E-state index in [9.17, 15) is 8.42 Å². The number of rotatable bonds is 5. The van der Waals surface area contributed by atoms with E-state index < -0.39 is 10.0 Å². The number of hydrogen-bond acceptors (Lipinski definition) is 6. The van der Waals surface area contributed by atoms with Crippen LogP contribution in [0.3, 0.4) is 0 Å². The molecule has 0 saturated heterocycles. The summed E-state index contributed by atoms with van der Waals surface area (Å²) in [5, 5.41) is 10.8. The van der Waals surface area contributed by atoms with Crippen molar-refractivity contribution in [3.8, 4) is 0 Å². The Kier molecular flexibility index (Phi) is 4.16. The Labute approximate surface area is 117 Å². The lowest BCUT2D eigenvalue weighted by Gasteiger charge is -2.10. The molecule has 1 aromatic heterocycles. The summed E-state index contributed by atoms with van der Waals surface area (Å²) in [4.78, 5) is 0.0602. The van der Waals surface area contributed by atoms with Crippen LogP contribution in [0.15, 0.2) is 41.4 Å². The van der Waals surface area contributed by atoms with Crippen LogP contribution in [0.25, 0.3) is 0 Å². The third kappa shape index (κ3) is 3.22. The molecule has 20 heavy (non-hydrogen) atoms. The van der Waals surface area contributed by atoms with Crippen LogP contribution in [0.1, 0.15) is 5.69 Å². The normalized spacial score (nSPS) is 11.2. The maximum Gasteiger partial charge on any atom is 0.242 e. The number of aromatic nitrogens is 2. The molecule has 0 radical (unpaired) electrons. The fourth-order valence-electron chi connectivity index (χ4n) is 1.63. The lowest BCUT2D eigenvalue weighted by molar-refractivity contribution is 0.588. The van der Waals surface area contributed by atoms with E-state index in [4.69, 9.17) is 5.73 Å². The lowest BCUT2D eigenvalue weighted by atomic mass is 10.2. The first-order valence-corrected chi connectivity index (χ1v) is 7.35. The number of nitrogen functional groups attached to an aromatic ring is 1. The SMILES string of the molecule is CNS(=O)(=O)c1ccc(NCc2cccnn2)cc1N. The summed E-state index contributed by atoms with van der Waals surface area (Å²) in [6.45, 7) is 0.478. The van der Waals surface area contributed by atoms with Gasteiger partial charge in [-0.1, -0.05) is 0 Å². The van der Waals surface area contributed by atoms with Gasteiger partial charge >= 0.3 is 0 Å². The van der Waals surface area contributed by atoms with Crippen molar-refractivity contribution in [2.45, 2.75) is 11.4 Å². The van der Waals surface area contributed by atoms with Crippen molar-refractivity contribution in [1.29, 1.82) is 0 Å². The maximum atomic E-state index is 11.7. The second-order valence-corrected chi connectivity index (χ2v) is 5.88. The predicted molar refractivity (Wildman–Crippen MR) is 76.5 cm³/mol. The van der Waals surface area contributed by atoms with Gasteiger partial charge in [-0.3, -0.25) is 0 Å². The van der Waals surface area contributed by atoms with Crippen LogP contribution in [0.5, 0.6) is 0 Å². The molecule has 0 saturated carbocycles. The summed E-state index contributed by atoms with van der Waals surface area (Å²) >= 11 is 0. The molecule has 0 bridgehead atoms. The van der Waals surface area contributed by atoms with Crippen molar-refractivity contribution < 1.29 is 8.42 Å². The average Bonchev–Trinajstić information content (AvgIpc) is 2.46. The van der Waals surface area contributed by atoms with Gasteiger partial charge < -0.3 is 11.1 Å². The molecule has 1 heterocycles. The van der Waals surface area contributed by atoms with Crippen LogP contribution in [0.2, 0.25) is 0 Å². The van der Waals surface area contributed by atoms with Crippen LogP contribution >= 0.6 is 0 Å². The summed E-state index contributed by atoms with van der Waals surface area (Å²) in [6, 6.07) is 8.31. The van der Waals surface area contributed by atoms with Gasteiger partial charge in [0.15, 0.2) is 0 Å². The Morgan fingerprint density at radius 2 is 2.10 bits per heavy atom. The molecule has 4 N–H and O–H groups in total. The molecule has 2 aromatic rings. The molecule has 0 spiro atoms. The number of nitrogens with zero attached hydrogens (tertiary/aromatic N) is 2. The van der Waals surface area contributed by atoms with Crippen molar-refractivity contribution in [1.82, 2.24) is 14.9 Å². The third-order valence-corrected chi connectivity index (χ3v) is 4.16. The molecule has 8 heteroatoms. The van der Waals surface area contributed by atoms with Gasteiger partial charge in [-0.05, 0) is 37.4 Å². The van der Waals surface area contributed by atoms with Crippen molar-refractivity contribution >= 4 is 21.4 Å². The first-order chi connectivity index (χ1) is 9.53. The monoisotopic (exact) mass is 293 g/mol. The quantitative estimate of drug-likeness (QED) is 0.696. The third-order valence-electron chi connectivity index (χ3n) is 2.67. The second kappa shape index (κ2) is 5.85. The molecule has 0 fully saturated rings. The Morgan fingerprint density at radius 1 is 1.30 bits per heavy atom. The van der Waals surface area contributed by atoms with E-state index in [1.807, 2.05) is 6.07 Å². The summed E-state index contributed by atoms with van der Waals surface area (Å²) in [5.74, 6) is 0. The zero-order chi connectivity index (χ0) is 14.6. The number of nitrogens with two attached hydrogens (primary N) is 1. The molecule has 2 rings (SSSR count). The molecule has 0 unspecified atom stereocenters. The van der Waals surface area contributed by atoms with E-state index >= 15 is 0 Å². The van der Waals surface area contributed by atoms with Gasteiger partial charge in [-0.25, -0.2) is 13.1 Å². The number of anilines is 2. The molecular weight excluding hydrogens is 278 g/mol. The minimum atomic E-state index is -3.54. The van der Waals surface area contributed by atoms with Crippen molar-refractivity contribution in [3.63, 3.8) is 0 Å². The first-order valence-electron chi connectivity index (χ1n) is 5.86. The summed E-state index contributed by atoms with van der Waals surface area (Å²) in [6.07, 6.45) is 1.60. The fraction of sp³-hybridized carbons (Fsp3) is 0.167. The highest BCUT2D eigenvalue weighted by Crippen LogP contribution is 2.22. The zero-order valence-electron chi connectivity index (χ0n) is 10.9. The van der Waals surface area contributed by atoms with Gasteiger partial charge in [-0.2, -0.15) is 10.2 Å². The molecule has 0 aliphatic carbocycles. The largest absolute Gasteiger partial charge is 0.398 e. The summed E-state index contributed by atoms with van der Waals surface area (Å²) in [7, 11) is -2.20. The fourth-order valence-corrected chi connectivity index (χ4v) is 2.47. The van der Waals surface area contributed by atoms with Gasteiger partial charge in [0.05, 0.1) is 17.9 Å². The topological polar surface area (TPSA) is 110 Å². The first kappa shape index (κ1) is 14.2. The highest BCUT2D eigenvalue weighted by molar-refractivity contribution is 7.89. The summed E-state index contributed by atoms with van der Waals surface area (Å²) < 4.78 is 25.6. The maximum absolute atomic E-state index is 11.7. The molecule has 0 amide bonds. The Bertz CT molecular complexity index is 688. The number of nitrogens with one attached hydrogen (secondary N) is 2. The van der Waals surface area contributed by atoms with Gasteiger partial charge in [0.25, 0.3) is 0 Å². The Balaban J connectivity index is 2.14. The Morgan fingerprint density at radius 3 is 2.70 bits per heavy atom. The van der Waals surface area contributed by atoms with E-state index in [1.54, 1.807) is 24.4 Å². The molecular formula is C12H15N5O2S.